The standard InChI is InChI=1S/C16H19NO6/c1-21-15(19)13-8-5-11-17(13)16(20)23-22-14(18)10-9-12-6-3-2-4-7-12/h2-4,6-7,13H,5,8-11H2,1H3/t13-/m0/s1. The number of ether oxygens (including phenoxy) is 1. The predicted molar refractivity (Wildman–Crippen MR) is 79.1 cm³/mol. The van der Waals surface area contributed by atoms with E-state index < -0.39 is 24.1 Å². The molecule has 1 saturated heterocycles. The number of nitrogens with zero attached hydrogens (tertiary/aromatic N) is 1. The summed E-state index contributed by atoms with van der Waals surface area (Å²) in [5.41, 5.74) is 0.987. The van der Waals surface area contributed by atoms with Gasteiger partial charge in [-0.25, -0.2) is 24.2 Å². The van der Waals surface area contributed by atoms with Crippen LogP contribution in [0.5, 0.6) is 0 Å². The zero-order valence-corrected chi connectivity index (χ0v) is 12.9. The van der Waals surface area contributed by atoms with Crippen molar-refractivity contribution >= 4 is 18.0 Å². The van der Waals surface area contributed by atoms with Gasteiger partial charge in [0.2, 0.25) is 0 Å². The summed E-state index contributed by atoms with van der Waals surface area (Å²) in [6.45, 7) is 0.361. The molecule has 0 aliphatic carbocycles. The van der Waals surface area contributed by atoms with E-state index in [2.05, 4.69) is 14.5 Å². The molecule has 1 aliphatic rings. The number of benzene rings is 1. The Labute approximate surface area is 134 Å². The molecular weight excluding hydrogens is 302 g/mol. The van der Waals surface area contributed by atoms with Crippen LogP contribution in [0.1, 0.15) is 24.8 Å². The normalized spacial score (nSPS) is 16.7. The van der Waals surface area contributed by atoms with Gasteiger partial charge in [-0.1, -0.05) is 30.3 Å². The number of methoxy groups -OCH3 is 1. The minimum atomic E-state index is -0.856. The highest BCUT2D eigenvalue weighted by Gasteiger charge is 2.36. The van der Waals surface area contributed by atoms with Crippen LogP contribution in [0.4, 0.5) is 4.79 Å². The first kappa shape index (κ1) is 16.8. The molecule has 0 saturated carbocycles. The Morgan fingerprint density at radius 3 is 2.61 bits per heavy atom. The molecule has 0 radical (unpaired) electrons. The lowest BCUT2D eigenvalue weighted by atomic mass is 10.1. The van der Waals surface area contributed by atoms with Gasteiger partial charge < -0.3 is 4.74 Å². The van der Waals surface area contributed by atoms with Gasteiger partial charge in [-0.05, 0) is 24.8 Å². The van der Waals surface area contributed by atoms with Crippen molar-refractivity contribution in [3.05, 3.63) is 35.9 Å². The summed E-state index contributed by atoms with van der Waals surface area (Å²) in [4.78, 5) is 45.3. The third kappa shape index (κ3) is 4.70. The molecule has 0 N–H and O–H groups in total. The van der Waals surface area contributed by atoms with Crippen LogP contribution < -0.4 is 0 Å². The SMILES string of the molecule is COC(=O)[C@@H]1CCCN1C(=O)OOC(=O)CCc1ccccc1. The Bertz CT molecular complexity index is 559. The minimum Gasteiger partial charge on any atom is -0.467 e. The molecule has 1 aromatic carbocycles. The highest BCUT2D eigenvalue weighted by molar-refractivity contribution is 5.82. The molecule has 124 valence electrons. The lowest BCUT2D eigenvalue weighted by Gasteiger charge is -2.20. The number of hydrogen-bond acceptors (Lipinski definition) is 6. The van der Waals surface area contributed by atoms with Crippen molar-refractivity contribution in [3.63, 3.8) is 0 Å². The third-order valence-corrected chi connectivity index (χ3v) is 3.63. The second-order valence-electron chi connectivity index (χ2n) is 5.16. The number of aryl methyl sites for hydroxylation is 1. The number of rotatable bonds is 4. The van der Waals surface area contributed by atoms with Gasteiger partial charge in [0.15, 0.2) is 0 Å². The van der Waals surface area contributed by atoms with Crippen LogP contribution in [0.3, 0.4) is 0 Å². The molecule has 1 amide bonds. The average molecular weight is 321 g/mol. The predicted octanol–water partition coefficient (Wildman–Crippen LogP) is 1.85. The van der Waals surface area contributed by atoms with Crippen LogP contribution >= 0.6 is 0 Å². The van der Waals surface area contributed by atoms with E-state index in [0.717, 1.165) is 5.56 Å². The van der Waals surface area contributed by atoms with Crippen LogP contribution in [-0.4, -0.2) is 42.6 Å². The Balaban J connectivity index is 1.75. The fourth-order valence-corrected chi connectivity index (χ4v) is 2.43. The quantitative estimate of drug-likeness (QED) is 0.478. The molecule has 1 fully saturated rings. The van der Waals surface area contributed by atoms with E-state index in [1.807, 2.05) is 30.3 Å². The lowest BCUT2D eigenvalue weighted by molar-refractivity contribution is -0.237. The molecule has 0 aromatic heterocycles. The molecule has 0 spiro atoms. The van der Waals surface area contributed by atoms with E-state index in [-0.39, 0.29) is 6.42 Å². The molecule has 7 nitrogen and oxygen atoms in total. The Hall–Kier alpha value is -2.57. The van der Waals surface area contributed by atoms with Crippen LogP contribution in [0.15, 0.2) is 30.3 Å². The number of hydrogen-bond donors (Lipinski definition) is 0. The van der Waals surface area contributed by atoms with Crippen LogP contribution in [0.25, 0.3) is 0 Å². The largest absolute Gasteiger partial charge is 0.467 e. The summed E-state index contributed by atoms with van der Waals surface area (Å²) >= 11 is 0. The van der Waals surface area contributed by atoms with Crippen molar-refractivity contribution in [2.75, 3.05) is 13.7 Å². The van der Waals surface area contributed by atoms with Crippen molar-refractivity contribution in [1.29, 1.82) is 0 Å². The van der Waals surface area contributed by atoms with Gasteiger partial charge in [0.1, 0.15) is 6.04 Å². The molecule has 1 heterocycles. The van der Waals surface area contributed by atoms with Gasteiger partial charge in [0.05, 0.1) is 13.5 Å². The summed E-state index contributed by atoms with van der Waals surface area (Å²) in [6.07, 6.45) is 0.898. The zero-order chi connectivity index (χ0) is 16.7. The number of carbonyl (C=O) groups is 3. The third-order valence-electron chi connectivity index (χ3n) is 3.63. The highest BCUT2D eigenvalue weighted by Crippen LogP contribution is 2.19. The maximum Gasteiger partial charge on any atom is 0.453 e. The molecule has 23 heavy (non-hydrogen) atoms. The molecule has 1 aliphatic heterocycles. The van der Waals surface area contributed by atoms with Crippen molar-refractivity contribution in [3.8, 4) is 0 Å². The molecule has 1 atom stereocenters. The summed E-state index contributed by atoms with van der Waals surface area (Å²) < 4.78 is 4.63. The van der Waals surface area contributed by atoms with Crippen LogP contribution in [0, 0.1) is 0 Å². The van der Waals surface area contributed by atoms with E-state index in [0.29, 0.717) is 25.8 Å². The van der Waals surface area contributed by atoms with Crippen molar-refractivity contribution in [1.82, 2.24) is 4.90 Å². The topological polar surface area (TPSA) is 82.1 Å². The van der Waals surface area contributed by atoms with E-state index in [9.17, 15) is 14.4 Å². The number of likely N-dealkylation sites (tertiary alicyclic amines) is 1. The zero-order valence-electron chi connectivity index (χ0n) is 12.9. The first-order valence-corrected chi connectivity index (χ1v) is 7.41. The van der Waals surface area contributed by atoms with Gasteiger partial charge >= 0.3 is 18.0 Å². The monoisotopic (exact) mass is 321 g/mol. The first-order valence-electron chi connectivity index (χ1n) is 7.41. The second-order valence-corrected chi connectivity index (χ2v) is 5.16. The smallest absolute Gasteiger partial charge is 0.453 e. The molecule has 2 rings (SSSR count). The molecule has 1 aromatic rings. The summed E-state index contributed by atoms with van der Waals surface area (Å²) in [6, 6.07) is 8.74. The van der Waals surface area contributed by atoms with Crippen molar-refractivity contribution in [2.24, 2.45) is 0 Å². The Morgan fingerprint density at radius 1 is 1.17 bits per heavy atom. The summed E-state index contributed by atoms with van der Waals surface area (Å²) in [5, 5.41) is 0. The van der Waals surface area contributed by atoms with Crippen molar-refractivity contribution in [2.45, 2.75) is 31.7 Å². The second kappa shape index (κ2) is 8.17. The van der Waals surface area contributed by atoms with Gasteiger partial charge in [-0.3, -0.25) is 4.90 Å². The van der Waals surface area contributed by atoms with E-state index in [1.165, 1.54) is 12.0 Å². The van der Waals surface area contributed by atoms with E-state index in [1.54, 1.807) is 0 Å². The number of esters is 1. The molecular formula is C16H19NO6. The van der Waals surface area contributed by atoms with E-state index in [4.69, 9.17) is 0 Å². The van der Waals surface area contributed by atoms with Gasteiger partial charge in [0.25, 0.3) is 0 Å². The molecule has 7 heteroatoms. The average Bonchev–Trinajstić information content (AvgIpc) is 3.07. The summed E-state index contributed by atoms with van der Waals surface area (Å²) in [5.74, 6) is -1.15. The summed E-state index contributed by atoms with van der Waals surface area (Å²) in [7, 11) is 1.26. The highest BCUT2D eigenvalue weighted by atomic mass is 17.2. The van der Waals surface area contributed by atoms with E-state index >= 15 is 0 Å². The van der Waals surface area contributed by atoms with Crippen molar-refractivity contribution < 1.29 is 28.9 Å². The minimum absolute atomic E-state index is 0.0950. The first-order chi connectivity index (χ1) is 11.1. The molecule has 0 unspecified atom stereocenters. The van der Waals surface area contributed by atoms with Gasteiger partial charge in [-0.2, -0.15) is 0 Å². The molecule has 0 bridgehead atoms. The Morgan fingerprint density at radius 2 is 1.91 bits per heavy atom. The number of amides is 1. The Kier molecular flexibility index (Phi) is 5.96. The van der Waals surface area contributed by atoms with Crippen LogP contribution in [-0.2, 0) is 30.5 Å². The maximum atomic E-state index is 11.9. The lowest BCUT2D eigenvalue weighted by Crippen LogP contribution is -2.41. The fraction of sp³-hybridized carbons (Fsp3) is 0.438. The van der Waals surface area contributed by atoms with Gasteiger partial charge in [0, 0.05) is 6.54 Å². The fourth-order valence-electron chi connectivity index (χ4n) is 2.43. The number of carbonyl (C=O) groups excluding carboxylic acids is 3. The van der Waals surface area contributed by atoms with Gasteiger partial charge in [-0.15, -0.1) is 0 Å². The maximum absolute atomic E-state index is 11.9. The van der Waals surface area contributed by atoms with Crippen LogP contribution in [0.2, 0.25) is 0 Å².